The number of rotatable bonds is 3. The number of aryl methyl sites for hydroxylation is 1. The van der Waals surface area contributed by atoms with Crippen LogP contribution in [0.1, 0.15) is 17.2 Å². The van der Waals surface area contributed by atoms with Crippen LogP contribution in [0.15, 0.2) is 45.5 Å². The minimum atomic E-state index is 0.224. The van der Waals surface area contributed by atoms with E-state index in [4.69, 9.17) is 8.94 Å². The molecule has 19 heavy (non-hydrogen) atoms. The molecule has 0 aliphatic carbocycles. The van der Waals surface area contributed by atoms with Crippen molar-refractivity contribution in [3.05, 3.63) is 53.8 Å². The van der Waals surface area contributed by atoms with Gasteiger partial charge in [-0.3, -0.25) is 0 Å². The van der Waals surface area contributed by atoms with Gasteiger partial charge in [0.1, 0.15) is 11.5 Å². The third-order valence-corrected chi connectivity index (χ3v) is 2.90. The molecule has 0 saturated heterocycles. The van der Waals surface area contributed by atoms with Gasteiger partial charge >= 0.3 is 0 Å². The van der Waals surface area contributed by atoms with E-state index in [0.29, 0.717) is 18.1 Å². The summed E-state index contributed by atoms with van der Waals surface area (Å²) in [6.07, 6.45) is 1.99. The summed E-state index contributed by atoms with van der Waals surface area (Å²) < 4.78 is 10.4. The Morgan fingerprint density at radius 2 is 2.05 bits per heavy atom. The molecular formula is C14H12N2O3. The van der Waals surface area contributed by atoms with Gasteiger partial charge in [-0.05, 0) is 19.1 Å². The van der Waals surface area contributed by atoms with Gasteiger partial charge in [-0.25, -0.2) is 0 Å². The van der Waals surface area contributed by atoms with Crippen LogP contribution in [0.2, 0.25) is 0 Å². The second kappa shape index (κ2) is 4.61. The highest BCUT2D eigenvalue weighted by molar-refractivity contribution is 5.56. The number of nitrogens with zero attached hydrogens (tertiary/aromatic N) is 2. The number of hydrogen-bond donors (Lipinski definition) is 1. The fraction of sp³-hybridized carbons (Fsp3) is 0.143. The first kappa shape index (κ1) is 11.5. The van der Waals surface area contributed by atoms with Crippen molar-refractivity contribution in [3.63, 3.8) is 0 Å². The van der Waals surface area contributed by atoms with Crippen LogP contribution in [-0.2, 0) is 6.42 Å². The number of aromatic nitrogens is 2. The Kier molecular flexibility index (Phi) is 2.79. The Morgan fingerprint density at radius 1 is 1.21 bits per heavy atom. The van der Waals surface area contributed by atoms with E-state index in [-0.39, 0.29) is 5.75 Å². The first-order valence-electron chi connectivity index (χ1n) is 5.88. The maximum atomic E-state index is 9.70. The molecule has 2 heterocycles. The normalized spacial score (nSPS) is 10.8. The Bertz CT molecular complexity index is 700. The summed E-state index contributed by atoms with van der Waals surface area (Å²) in [7, 11) is 0. The van der Waals surface area contributed by atoms with Gasteiger partial charge in [-0.1, -0.05) is 23.4 Å². The molecule has 0 saturated carbocycles. The summed E-state index contributed by atoms with van der Waals surface area (Å²) in [5, 5.41) is 13.6. The minimum absolute atomic E-state index is 0.224. The summed E-state index contributed by atoms with van der Waals surface area (Å²) in [4.78, 5) is 4.30. The van der Waals surface area contributed by atoms with Crippen LogP contribution in [0.5, 0.6) is 5.75 Å². The fourth-order valence-corrected chi connectivity index (χ4v) is 1.88. The average Bonchev–Trinajstić information content (AvgIpc) is 3.01. The Hall–Kier alpha value is -2.56. The molecule has 0 spiro atoms. The zero-order chi connectivity index (χ0) is 13.2. The highest BCUT2D eigenvalue weighted by Gasteiger charge is 2.13. The van der Waals surface area contributed by atoms with E-state index in [1.54, 1.807) is 24.5 Å². The highest BCUT2D eigenvalue weighted by Crippen LogP contribution is 2.23. The molecule has 0 unspecified atom stereocenters. The lowest BCUT2D eigenvalue weighted by Crippen LogP contribution is -1.89. The van der Waals surface area contributed by atoms with E-state index in [1.807, 2.05) is 19.1 Å². The van der Waals surface area contributed by atoms with E-state index in [9.17, 15) is 5.11 Å². The SMILES string of the molecule is Cc1occc1-c1noc(Cc2ccccc2O)n1. The van der Waals surface area contributed by atoms with Crippen LogP contribution < -0.4 is 0 Å². The number of para-hydroxylation sites is 1. The number of benzene rings is 1. The summed E-state index contributed by atoms with van der Waals surface area (Å²) in [6.45, 7) is 1.84. The molecule has 5 heteroatoms. The Labute approximate surface area is 109 Å². The van der Waals surface area contributed by atoms with Crippen LogP contribution in [-0.4, -0.2) is 15.2 Å². The van der Waals surface area contributed by atoms with Crippen LogP contribution in [0.3, 0.4) is 0 Å². The predicted molar refractivity (Wildman–Crippen MR) is 67.6 cm³/mol. The molecule has 5 nitrogen and oxygen atoms in total. The third kappa shape index (κ3) is 2.22. The molecule has 1 aromatic carbocycles. The number of phenols is 1. The molecule has 1 N–H and O–H groups in total. The molecule has 0 atom stereocenters. The molecule has 3 rings (SSSR count). The van der Waals surface area contributed by atoms with Gasteiger partial charge in [0.25, 0.3) is 0 Å². The summed E-state index contributed by atoms with van der Waals surface area (Å²) in [5.41, 5.74) is 1.56. The molecular weight excluding hydrogens is 244 g/mol. The van der Waals surface area contributed by atoms with Crippen LogP contribution in [0, 0.1) is 6.92 Å². The lowest BCUT2D eigenvalue weighted by Gasteiger charge is -1.99. The second-order valence-corrected chi connectivity index (χ2v) is 4.21. The summed E-state index contributed by atoms with van der Waals surface area (Å²) >= 11 is 0. The van der Waals surface area contributed by atoms with E-state index in [0.717, 1.165) is 16.9 Å². The van der Waals surface area contributed by atoms with Crippen LogP contribution in [0.25, 0.3) is 11.4 Å². The lowest BCUT2D eigenvalue weighted by atomic mass is 10.1. The topological polar surface area (TPSA) is 72.3 Å². The van der Waals surface area contributed by atoms with Crippen molar-refractivity contribution in [1.29, 1.82) is 0 Å². The molecule has 0 fully saturated rings. The Morgan fingerprint density at radius 3 is 2.79 bits per heavy atom. The standard InChI is InChI=1S/C14H12N2O3/c1-9-11(6-7-18-9)14-15-13(19-16-14)8-10-4-2-3-5-12(10)17/h2-7,17H,8H2,1H3. The largest absolute Gasteiger partial charge is 0.508 e. The minimum Gasteiger partial charge on any atom is -0.508 e. The predicted octanol–water partition coefficient (Wildman–Crippen LogP) is 2.93. The lowest BCUT2D eigenvalue weighted by molar-refractivity contribution is 0.383. The first-order chi connectivity index (χ1) is 9.24. The summed E-state index contributed by atoms with van der Waals surface area (Å²) in [5.74, 6) is 1.92. The van der Waals surface area contributed by atoms with Crippen molar-refractivity contribution in [2.75, 3.05) is 0 Å². The fourth-order valence-electron chi connectivity index (χ4n) is 1.88. The van der Waals surface area contributed by atoms with Gasteiger partial charge < -0.3 is 14.0 Å². The molecule has 0 aliphatic heterocycles. The van der Waals surface area contributed by atoms with E-state index in [1.165, 1.54) is 0 Å². The molecule has 96 valence electrons. The van der Waals surface area contributed by atoms with Gasteiger partial charge in [0, 0.05) is 5.56 Å². The summed E-state index contributed by atoms with van der Waals surface area (Å²) in [6, 6.07) is 8.87. The number of phenolic OH excluding ortho intramolecular Hbond substituents is 1. The van der Waals surface area contributed by atoms with E-state index >= 15 is 0 Å². The first-order valence-corrected chi connectivity index (χ1v) is 5.88. The monoisotopic (exact) mass is 256 g/mol. The van der Waals surface area contributed by atoms with Crippen molar-refractivity contribution in [2.45, 2.75) is 13.3 Å². The zero-order valence-corrected chi connectivity index (χ0v) is 10.3. The van der Waals surface area contributed by atoms with Gasteiger partial charge in [0.2, 0.25) is 11.7 Å². The van der Waals surface area contributed by atoms with Crippen molar-refractivity contribution in [3.8, 4) is 17.1 Å². The molecule has 0 radical (unpaired) electrons. The maximum Gasteiger partial charge on any atom is 0.231 e. The van der Waals surface area contributed by atoms with Crippen molar-refractivity contribution < 1.29 is 14.0 Å². The van der Waals surface area contributed by atoms with E-state index in [2.05, 4.69) is 10.1 Å². The Balaban J connectivity index is 1.87. The maximum absolute atomic E-state index is 9.70. The zero-order valence-electron chi connectivity index (χ0n) is 10.3. The third-order valence-electron chi connectivity index (χ3n) is 2.90. The molecule has 3 aromatic rings. The van der Waals surface area contributed by atoms with Gasteiger partial charge in [0.05, 0.1) is 18.2 Å². The number of furan rings is 1. The van der Waals surface area contributed by atoms with Gasteiger partial charge in [-0.2, -0.15) is 4.98 Å². The number of aromatic hydroxyl groups is 1. The second-order valence-electron chi connectivity index (χ2n) is 4.21. The quantitative estimate of drug-likeness (QED) is 0.780. The van der Waals surface area contributed by atoms with Gasteiger partial charge in [0.15, 0.2) is 0 Å². The highest BCUT2D eigenvalue weighted by atomic mass is 16.5. The van der Waals surface area contributed by atoms with Crippen molar-refractivity contribution in [1.82, 2.24) is 10.1 Å². The van der Waals surface area contributed by atoms with Gasteiger partial charge in [-0.15, -0.1) is 0 Å². The average molecular weight is 256 g/mol. The van der Waals surface area contributed by atoms with Crippen LogP contribution in [0.4, 0.5) is 0 Å². The van der Waals surface area contributed by atoms with Crippen molar-refractivity contribution in [2.24, 2.45) is 0 Å². The molecule has 0 bridgehead atoms. The molecule has 0 amide bonds. The number of hydrogen-bond acceptors (Lipinski definition) is 5. The molecule has 2 aromatic heterocycles. The molecule has 0 aliphatic rings. The van der Waals surface area contributed by atoms with E-state index < -0.39 is 0 Å². The van der Waals surface area contributed by atoms with Crippen LogP contribution >= 0.6 is 0 Å². The smallest absolute Gasteiger partial charge is 0.231 e. The van der Waals surface area contributed by atoms with Crippen molar-refractivity contribution >= 4 is 0 Å².